The third-order valence-corrected chi connectivity index (χ3v) is 6.43. The molecule has 0 amide bonds. The highest BCUT2D eigenvalue weighted by Gasteiger charge is 2.33. The van der Waals surface area contributed by atoms with Gasteiger partial charge in [0.2, 0.25) is 0 Å². The van der Waals surface area contributed by atoms with Gasteiger partial charge in [-0.05, 0) is 38.6 Å². The van der Waals surface area contributed by atoms with Crippen molar-refractivity contribution in [2.75, 3.05) is 37.3 Å². The van der Waals surface area contributed by atoms with Crippen LogP contribution >= 0.6 is 11.8 Å². The van der Waals surface area contributed by atoms with E-state index < -0.39 is 17.7 Å². The lowest BCUT2D eigenvalue weighted by atomic mass is 10.0. The van der Waals surface area contributed by atoms with Gasteiger partial charge in [-0.15, -0.1) is 0 Å². The van der Waals surface area contributed by atoms with Gasteiger partial charge < -0.3 is 19.9 Å². The SMILES string of the molecule is Cc1ccc(NCC#Cc2cc3c(NC4CCN(C)CC4F)nccn3c2SC(F)(F)F)cc1. The quantitative estimate of drug-likeness (QED) is 0.293. The fourth-order valence-electron chi connectivity index (χ4n) is 3.84. The minimum atomic E-state index is -4.49. The zero-order valence-electron chi connectivity index (χ0n) is 18.8. The zero-order valence-corrected chi connectivity index (χ0v) is 19.6. The Morgan fingerprint density at radius 2 is 2.00 bits per heavy atom. The Kier molecular flexibility index (Phi) is 7.24. The number of hydrogen-bond acceptors (Lipinski definition) is 5. The van der Waals surface area contributed by atoms with E-state index in [4.69, 9.17) is 0 Å². The lowest BCUT2D eigenvalue weighted by Crippen LogP contribution is -2.46. The molecule has 4 rings (SSSR count). The van der Waals surface area contributed by atoms with Crippen LogP contribution < -0.4 is 10.6 Å². The number of aromatic nitrogens is 2. The average Bonchev–Trinajstić information content (AvgIpc) is 3.11. The third-order valence-electron chi connectivity index (χ3n) is 5.59. The molecule has 3 heterocycles. The first-order chi connectivity index (χ1) is 16.2. The van der Waals surface area contributed by atoms with Crippen LogP contribution in [0.25, 0.3) is 5.52 Å². The summed E-state index contributed by atoms with van der Waals surface area (Å²) in [5, 5.41) is 6.20. The summed E-state index contributed by atoms with van der Waals surface area (Å²) in [5.74, 6) is 6.11. The first-order valence-corrected chi connectivity index (χ1v) is 11.7. The van der Waals surface area contributed by atoms with Crippen LogP contribution in [0.5, 0.6) is 0 Å². The Morgan fingerprint density at radius 1 is 1.24 bits per heavy atom. The van der Waals surface area contributed by atoms with Gasteiger partial charge >= 0.3 is 5.51 Å². The van der Waals surface area contributed by atoms with Crippen molar-refractivity contribution in [3.8, 4) is 11.8 Å². The number of halogens is 4. The molecule has 2 atom stereocenters. The lowest BCUT2D eigenvalue weighted by molar-refractivity contribution is -0.0329. The van der Waals surface area contributed by atoms with Gasteiger partial charge in [-0.25, -0.2) is 9.37 Å². The number of nitrogens with one attached hydrogen (secondary N) is 2. The van der Waals surface area contributed by atoms with Crippen molar-refractivity contribution in [1.29, 1.82) is 0 Å². The second-order valence-electron chi connectivity index (χ2n) is 8.28. The van der Waals surface area contributed by atoms with Gasteiger partial charge in [0.1, 0.15) is 11.2 Å². The van der Waals surface area contributed by atoms with E-state index >= 15 is 0 Å². The van der Waals surface area contributed by atoms with Crippen molar-refractivity contribution in [1.82, 2.24) is 14.3 Å². The van der Waals surface area contributed by atoms with Crippen LogP contribution in [0, 0.1) is 18.8 Å². The summed E-state index contributed by atoms with van der Waals surface area (Å²) >= 11 is -0.221. The Hall–Kier alpha value is -2.90. The van der Waals surface area contributed by atoms with Crippen molar-refractivity contribution >= 4 is 28.8 Å². The molecular formula is C24H25F4N5S. The van der Waals surface area contributed by atoms with E-state index in [0.29, 0.717) is 24.3 Å². The second-order valence-corrected chi connectivity index (χ2v) is 9.33. The molecule has 0 aliphatic carbocycles. The average molecular weight is 492 g/mol. The standard InChI is InChI=1S/C24H25F4N5S/c1-16-5-7-18(8-6-16)29-10-3-4-17-14-21-22(31-20-9-12-32(2)15-19(20)25)30-11-13-33(21)23(17)34-24(26,27)28/h5-8,11,13-14,19-20,29H,9-10,12,15H2,1-2H3,(H,30,31). The van der Waals surface area contributed by atoms with E-state index in [1.54, 1.807) is 6.07 Å². The summed E-state index contributed by atoms with van der Waals surface area (Å²) < 4.78 is 55.9. The van der Waals surface area contributed by atoms with Crippen LogP contribution in [-0.2, 0) is 0 Å². The van der Waals surface area contributed by atoms with Crippen molar-refractivity contribution in [2.45, 2.75) is 36.1 Å². The van der Waals surface area contributed by atoms with Gasteiger partial charge in [0.05, 0.1) is 23.7 Å². The predicted molar refractivity (Wildman–Crippen MR) is 128 cm³/mol. The van der Waals surface area contributed by atoms with Crippen molar-refractivity contribution in [2.24, 2.45) is 0 Å². The minimum absolute atomic E-state index is 0.0454. The highest BCUT2D eigenvalue weighted by Crippen LogP contribution is 2.40. The summed E-state index contributed by atoms with van der Waals surface area (Å²) in [6.45, 7) is 3.28. The van der Waals surface area contributed by atoms with Gasteiger partial charge in [-0.3, -0.25) is 0 Å². The molecule has 1 saturated heterocycles. The van der Waals surface area contributed by atoms with Gasteiger partial charge in [0, 0.05) is 42.9 Å². The van der Waals surface area contributed by atoms with Gasteiger partial charge in [-0.2, -0.15) is 13.2 Å². The highest BCUT2D eigenvalue weighted by molar-refractivity contribution is 8.00. The maximum absolute atomic E-state index is 14.5. The van der Waals surface area contributed by atoms with E-state index in [2.05, 4.69) is 27.5 Å². The number of hydrogen-bond donors (Lipinski definition) is 2. The Balaban J connectivity index is 1.61. The molecule has 1 aliphatic heterocycles. The number of alkyl halides is 4. The topological polar surface area (TPSA) is 44.6 Å². The number of rotatable bonds is 5. The number of likely N-dealkylation sites (tertiary alicyclic amines) is 1. The fraction of sp³-hybridized carbons (Fsp3) is 0.375. The molecule has 0 saturated carbocycles. The largest absolute Gasteiger partial charge is 0.447 e. The molecule has 180 valence electrons. The number of aryl methyl sites for hydroxylation is 1. The van der Waals surface area contributed by atoms with Crippen LogP contribution in [0.3, 0.4) is 0 Å². The summed E-state index contributed by atoms with van der Waals surface area (Å²) in [4.78, 5) is 6.19. The Morgan fingerprint density at radius 3 is 2.71 bits per heavy atom. The maximum atomic E-state index is 14.5. The van der Waals surface area contributed by atoms with Crippen LogP contribution in [-0.4, -0.2) is 58.7 Å². The molecule has 1 aliphatic rings. The molecule has 5 nitrogen and oxygen atoms in total. The molecule has 2 aromatic heterocycles. The molecule has 0 spiro atoms. The van der Waals surface area contributed by atoms with Crippen molar-refractivity contribution in [3.63, 3.8) is 0 Å². The van der Waals surface area contributed by atoms with Crippen LogP contribution in [0.4, 0.5) is 29.1 Å². The lowest BCUT2D eigenvalue weighted by Gasteiger charge is -2.33. The van der Waals surface area contributed by atoms with Crippen LogP contribution in [0.2, 0.25) is 0 Å². The number of piperidine rings is 1. The van der Waals surface area contributed by atoms with E-state index in [1.807, 2.05) is 43.1 Å². The van der Waals surface area contributed by atoms with Gasteiger partial charge in [-0.1, -0.05) is 29.5 Å². The van der Waals surface area contributed by atoms with Crippen molar-refractivity contribution < 1.29 is 17.6 Å². The molecule has 1 aromatic carbocycles. The van der Waals surface area contributed by atoms with Crippen LogP contribution in [0.1, 0.15) is 17.5 Å². The fourth-order valence-corrected chi connectivity index (χ4v) is 4.54. The molecule has 2 N–H and O–H groups in total. The molecule has 10 heteroatoms. The van der Waals surface area contributed by atoms with Crippen LogP contribution in [0.15, 0.2) is 47.8 Å². The van der Waals surface area contributed by atoms with Gasteiger partial charge in [0.15, 0.2) is 5.82 Å². The number of anilines is 2. The molecule has 1 fully saturated rings. The summed E-state index contributed by atoms with van der Waals surface area (Å²) in [5.41, 5.74) is -1.81. The first-order valence-electron chi connectivity index (χ1n) is 10.8. The molecule has 0 bridgehead atoms. The summed E-state index contributed by atoms with van der Waals surface area (Å²) in [7, 11) is 1.86. The second kappa shape index (κ2) is 10.2. The number of fused-ring (bicyclic) bond motifs is 1. The summed E-state index contributed by atoms with van der Waals surface area (Å²) in [6.07, 6.45) is 2.34. The predicted octanol–water partition coefficient (Wildman–Crippen LogP) is 5.17. The number of nitrogens with zero attached hydrogens (tertiary/aromatic N) is 3. The maximum Gasteiger partial charge on any atom is 0.447 e. The minimum Gasteiger partial charge on any atom is -0.374 e. The van der Waals surface area contributed by atoms with Gasteiger partial charge in [0.25, 0.3) is 0 Å². The molecule has 0 radical (unpaired) electrons. The molecule has 3 aromatic rings. The molecule has 34 heavy (non-hydrogen) atoms. The zero-order chi connectivity index (χ0) is 24.3. The summed E-state index contributed by atoms with van der Waals surface area (Å²) in [6, 6.07) is 8.87. The first kappa shape index (κ1) is 24.2. The highest BCUT2D eigenvalue weighted by atomic mass is 32.2. The van der Waals surface area contributed by atoms with E-state index in [9.17, 15) is 17.6 Å². The van der Waals surface area contributed by atoms with E-state index in [1.165, 1.54) is 16.8 Å². The number of benzene rings is 1. The smallest absolute Gasteiger partial charge is 0.374 e. The Labute approximate surface area is 199 Å². The third kappa shape index (κ3) is 5.96. The number of thioether (sulfide) groups is 1. The monoisotopic (exact) mass is 491 g/mol. The van der Waals surface area contributed by atoms with E-state index in [-0.39, 0.29) is 28.9 Å². The Bertz CT molecular complexity index is 1200. The van der Waals surface area contributed by atoms with E-state index in [0.717, 1.165) is 17.8 Å². The molecular weight excluding hydrogens is 466 g/mol. The van der Waals surface area contributed by atoms with Crippen molar-refractivity contribution in [3.05, 3.63) is 53.9 Å². The normalized spacial score (nSPS) is 19.0. The molecule has 2 unspecified atom stereocenters.